The highest BCUT2D eigenvalue weighted by atomic mass is 32.1. The molecule has 4 aromatic rings. The molecule has 0 bridgehead atoms. The van der Waals surface area contributed by atoms with Gasteiger partial charge in [0.25, 0.3) is 11.8 Å². The van der Waals surface area contributed by atoms with Gasteiger partial charge in [-0.05, 0) is 67.1 Å². The molecule has 3 aromatic carbocycles. The molecule has 0 atom stereocenters. The molecule has 3 fully saturated rings. The van der Waals surface area contributed by atoms with Crippen LogP contribution in [-0.2, 0) is 21.4 Å². The molecule has 7 rings (SSSR count). The molecule has 0 N–H and O–H groups in total. The number of nitrogens with zero attached hydrogens (tertiary/aromatic N) is 3. The van der Waals surface area contributed by atoms with Crippen LogP contribution in [0.5, 0.6) is 0 Å². The molecule has 3 saturated heterocycles. The number of carbonyl (C=O) groups excluding carboxylic acids is 2. The quantitative estimate of drug-likeness (QED) is 0.193. The normalized spacial score (nSPS) is 18.9. The van der Waals surface area contributed by atoms with E-state index in [2.05, 4.69) is 0 Å². The summed E-state index contributed by atoms with van der Waals surface area (Å²) in [6.07, 6.45) is -1.71. The number of piperidine rings is 2. The first-order valence-electron chi connectivity index (χ1n) is 16.5. The molecule has 0 saturated carbocycles. The van der Waals surface area contributed by atoms with E-state index in [1.807, 2.05) is 10.3 Å². The van der Waals surface area contributed by atoms with Crippen molar-refractivity contribution in [3.63, 3.8) is 0 Å². The third-order valence-electron chi connectivity index (χ3n) is 9.84. The third-order valence-corrected chi connectivity index (χ3v) is 10.8. The zero-order valence-electron chi connectivity index (χ0n) is 26.6. The number of rotatable bonds is 6. The van der Waals surface area contributed by atoms with Crippen LogP contribution in [-0.4, -0.2) is 66.0 Å². The molecule has 49 heavy (non-hydrogen) atoms. The SMILES string of the molecule is O=C(c1csc(C2CCN(C(=O)c3ccccc3-c3ccc(C(F)(F)F)cc3)CC2)n1)N1CCC(C2(c3ccc(F)cc3)OCCO2)CC1. The Morgan fingerprint density at radius 1 is 0.796 bits per heavy atom. The molecule has 2 amide bonds. The lowest BCUT2D eigenvalue weighted by Crippen LogP contribution is -2.46. The highest BCUT2D eigenvalue weighted by molar-refractivity contribution is 7.09. The number of halogens is 4. The average Bonchev–Trinajstić information content (AvgIpc) is 3.83. The van der Waals surface area contributed by atoms with Crippen molar-refractivity contribution < 1.29 is 36.6 Å². The fourth-order valence-electron chi connectivity index (χ4n) is 7.21. The monoisotopic (exact) mass is 693 g/mol. The highest BCUT2D eigenvalue weighted by Crippen LogP contribution is 2.44. The number of hydrogen-bond donors (Lipinski definition) is 0. The first-order chi connectivity index (χ1) is 23.6. The second-order valence-corrected chi connectivity index (χ2v) is 13.6. The van der Waals surface area contributed by atoms with E-state index in [-0.39, 0.29) is 29.5 Å². The Balaban J connectivity index is 0.954. The van der Waals surface area contributed by atoms with E-state index in [4.69, 9.17) is 14.5 Å². The number of amides is 2. The predicted octanol–water partition coefficient (Wildman–Crippen LogP) is 7.74. The van der Waals surface area contributed by atoms with Crippen LogP contribution >= 0.6 is 11.3 Å². The topological polar surface area (TPSA) is 72.0 Å². The predicted molar refractivity (Wildman–Crippen MR) is 175 cm³/mol. The van der Waals surface area contributed by atoms with Gasteiger partial charge in [0.1, 0.15) is 11.5 Å². The summed E-state index contributed by atoms with van der Waals surface area (Å²) in [5.74, 6) is -1.40. The standard InChI is InChI=1S/C37H35F4N3O4S/c38-29-11-9-26(10-12-29)36(47-21-22-48-36)27-15-19-44(20-16-27)35(46)32-23-49-33(42-32)25-13-17-43(18-14-25)34(45)31-4-2-1-3-30(31)24-5-7-28(8-6-24)37(39,40)41/h1-12,23,25,27H,13-22H2. The van der Waals surface area contributed by atoms with Crippen molar-refractivity contribution >= 4 is 23.2 Å². The van der Waals surface area contributed by atoms with Crippen LogP contribution in [0.1, 0.15) is 68.6 Å². The smallest absolute Gasteiger partial charge is 0.343 e. The summed E-state index contributed by atoms with van der Waals surface area (Å²) in [4.78, 5) is 35.4. The second-order valence-electron chi connectivity index (χ2n) is 12.7. The minimum absolute atomic E-state index is 0.0188. The summed E-state index contributed by atoms with van der Waals surface area (Å²) in [6.45, 7) is 2.98. The molecule has 3 aliphatic rings. The molecular weight excluding hydrogens is 658 g/mol. The number of benzene rings is 3. The van der Waals surface area contributed by atoms with E-state index in [1.165, 1.54) is 35.6 Å². The van der Waals surface area contributed by atoms with Gasteiger partial charge < -0.3 is 19.3 Å². The van der Waals surface area contributed by atoms with Crippen molar-refractivity contribution in [1.82, 2.24) is 14.8 Å². The second kappa shape index (κ2) is 13.6. The van der Waals surface area contributed by atoms with Gasteiger partial charge >= 0.3 is 6.18 Å². The van der Waals surface area contributed by atoms with Crippen LogP contribution in [0.3, 0.4) is 0 Å². The number of alkyl halides is 3. The molecule has 0 spiro atoms. The molecular formula is C37H35F4N3O4S. The molecule has 1 aromatic heterocycles. The number of thiazole rings is 1. The van der Waals surface area contributed by atoms with E-state index < -0.39 is 17.5 Å². The summed E-state index contributed by atoms with van der Waals surface area (Å²) in [5.41, 5.74) is 2.05. The largest absolute Gasteiger partial charge is 0.416 e. The minimum atomic E-state index is -4.43. The van der Waals surface area contributed by atoms with Crippen molar-refractivity contribution in [2.75, 3.05) is 39.4 Å². The first-order valence-corrected chi connectivity index (χ1v) is 17.3. The highest BCUT2D eigenvalue weighted by Gasteiger charge is 2.47. The molecule has 4 heterocycles. The molecule has 12 heteroatoms. The van der Waals surface area contributed by atoms with Crippen molar-refractivity contribution in [2.24, 2.45) is 5.92 Å². The number of aromatic nitrogens is 1. The van der Waals surface area contributed by atoms with Gasteiger partial charge in [-0.3, -0.25) is 9.59 Å². The van der Waals surface area contributed by atoms with Crippen LogP contribution in [0.25, 0.3) is 11.1 Å². The molecule has 0 unspecified atom stereocenters. The summed E-state index contributed by atoms with van der Waals surface area (Å²) in [5, 5.41) is 2.68. The summed E-state index contributed by atoms with van der Waals surface area (Å²) in [6, 6.07) is 18.1. The van der Waals surface area contributed by atoms with E-state index in [0.717, 1.165) is 22.7 Å². The Bertz CT molecular complexity index is 1790. The van der Waals surface area contributed by atoms with Gasteiger partial charge in [0.05, 0.1) is 23.8 Å². The van der Waals surface area contributed by atoms with E-state index in [9.17, 15) is 27.2 Å². The number of ether oxygens (including phenoxy) is 2. The Labute approximate surface area is 285 Å². The van der Waals surface area contributed by atoms with Crippen LogP contribution in [0.2, 0.25) is 0 Å². The van der Waals surface area contributed by atoms with Crippen molar-refractivity contribution in [2.45, 2.75) is 43.6 Å². The molecule has 0 aliphatic carbocycles. The van der Waals surface area contributed by atoms with E-state index in [0.29, 0.717) is 87.5 Å². The Morgan fingerprint density at radius 3 is 2.06 bits per heavy atom. The maximum atomic E-state index is 13.6. The van der Waals surface area contributed by atoms with Crippen molar-refractivity contribution in [1.29, 1.82) is 0 Å². The lowest BCUT2D eigenvalue weighted by Gasteiger charge is -2.41. The Hall–Kier alpha value is -4.13. The maximum absolute atomic E-state index is 13.6. The lowest BCUT2D eigenvalue weighted by molar-refractivity contribution is -0.213. The average molecular weight is 694 g/mol. The fraction of sp³-hybridized carbons (Fsp3) is 0.378. The summed E-state index contributed by atoms with van der Waals surface area (Å²) in [7, 11) is 0. The van der Waals surface area contributed by atoms with Crippen LogP contribution < -0.4 is 0 Å². The third kappa shape index (κ3) is 6.73. The summed E-state index contributed by atoms with van der Waals surface area (Å²) < 4.78 is 65.1. The summed E-state index contributed by atoms with van der Waals surface area (Å²) >= 11 is 1.46. The van der Waals surface area contributed by atoms with Gasteiger partial charge in [-0.2, -0.15) is 13.2 Å². The van der Waals surface area contributed by atoms with Gasteiger partial charge in [-0.1, -0.05) is 42.5 Å². The Kier molecular flexibility index (Phi) is 9.29. The van der Waals surface area contributed by atoms with Crippen LogP contribution in [0.15, 0.2) is 78.2 Å². The van der Waals surface area contributed by atoms with Crippen molar-refractivity contribution in [3.8, 4) is 11.1 Å². The lowest BCUT2D eigenvalue weighted by atomic mass is 9.84. The number of likely N-dealkylation sites (tertiary alicyclic amines) is 2. The first kappa shape index (κ1) is 33.4. The zero-order valence-corrected chi connectivity index (χ0v) is 27.4. The van der Waals surface area contributed by atoms with Gasteiger partial charge in [0.2, 0.25) is 0 Å². The minimum Gasteiger partial charge on any atom is -0.343 e. The molecule has 7 nitrogen and oxygen atoms in total. The Morgan fingerprint density at radius 2 is 1.41 bits per heavy atom. The van der Waals surface area contributed by atoms with Crippen LogP contribution in [0.4, 0.5) is 17.6 Å². The van der Waals surface area contributed by atoms with Crippen LogP contribution in [0, 0.1) is 11.7 Å². The molecule has 0 radical (unpaired) electrons. The molecule has 3 aliphatic heterocycles. The van der Waals surface area contributed by atoms with Gasteiger partial charge in [-0.25, -0.2) is 9.37 Å². The number of carbonyl (C=O) groups is 2. The van der Waals surface area contributed by atoms with E-state index >= 15 is 0 Å². The number of hydrogen-bond acceptors (Lipinski definition) is 6. The zero-order chi connectivity index (χ0) is 34.2. The van der Waals surface area contributed by atoms with Gasteiger partial charge in [0.15, 0.2) is 5.79 Å². The maximum Gasteiger partial charge on any atom is 0.416 e. The van der Waals surface area contributed by atoms with Gasteiger partial charge in [0, 0.05) is 54.5 Å². The van der Waals surface area contributed by atoms with Crippen molar-refractivity contribution in [3.05, 3.63) is 111 Å². The fourth-order valence-corrected chi connectivity index (χ4v) is 8.17. The van der Waals surface area contributed by atoms with Gasteiger partial charge in [-0.15, -0.1) is 11.3 Å². The van der Waals surface area contributed by atoms with E-state index in [1.54, 1.807) is 41.3 Å². The molecule has 256 valence electrons.